The molecule has 1 N–H and O–H groups in total. The van der Waals surface area contributed by atoms with Crippen LogP contribution in [0.25, 0.3) is 16.8 Å². The third kappa shape index (κ3) is 3.98. The molecule has 3 aromatic rings. The Labute approximate surface area is 159 Å². The lowest BCUT2D eigenvalue weighted by Crippen LogP contribution is -1.96. The van der Waals surface area contributed by atoms with Crippen LogP contribution in [-0.2, 0) is 0 Å². The Morgan fingerprint density at radius 3 is 2.60 bits per heavy atom. The molecule has 0 bridgehead atoms. The highest BCUT2D eigenvalue weighted by Crippen LogP contribution is 2.28. The number of para-hydroxylation sites is 1. The molecule has 3 rings (SSSR count). The highest BCUT2D eigenvalue weighted by Gasteiger charge is 2.10. The van der Waals surface area contributed by atoms with E-state index in [1.165, 1.54) is 11.3 Å². The molecule has 0 aliphatic carbocycles. The number of rotatable bonds is 4. The molecule has 25 heavy (non-hydrogen) atoms. The van der Waals surface area contributed by atoms with Crippen LogP contribution >= 0.6 is 27.3 Å². The van der Waals surface area contributed by atoms with Crippen LogP contribution in [0.15, 0.2) is 58.5 Å². The molecule has 0 spiro atoms. The Balaban J connectivity index is 1.88. The van der Waals surface area contributed by atoms with Crippen molar-refractivity contribution in [3.8, 4) is 17.3 Å². The van der Waals surface area contributed by atoms with E-state index in [4.69, 9.17) is 0 Å². The normalized spacial score (nSPS) is 11.2. The molecule has 0 aliphatic rings. The fourth-order valence-electron chi connectivity index (χ4n) is 2.51. The van der Waals surface area contributed by atoms with Crippen LogP contribution in [0.2, 0.25) is 0 Å². The van der Waals surface area contributed by atoms with Gasteiger partial charge in [-0.3, -0.25) is 0 Å². The first kappa shape index (κ1) is 17.4. The Morgan fingerprint density at radius 1 is 1.20 bits per heavy atom. The van der Waals surface area contributed by atoms with Gasteiger partial charge in [-0.2, -0.15) is 5.26 Å². The molecule has 0 saturated heterocycles. The van der Waals surface area contributed by atoms with Crippen LogP contribution in [0.3, 0.4) is 0 Å². The first-order chi connectivity index (χ1) is 12.1. The molecular weight excluding hydrogens is 394 g/mol. The monoisotopic (exact) mass is 409 g/mol. The summed E-state index contributed by atoms with van der Waals surface area (Å²) in [5.74, 6) is 0. The number of thiazole rings is 1. The number of nitriles is 1. The van der Waals surface area contributed by atoms with Crippen LogP contribution in [0.5, 0.6) is 0 Å². The van der Waals surface area contributed by atoms with E-state index in [0.29, 0.717) is 10.6 Å². The number of hydrogen-bond donors (Lipinski definition) is 1. The average molecular weight is 410 g/mol. The van der Waals surface area contributed by atoms with Gasteiger partial charge in [0.25, 0.3) is 0 Å². The van der Waals surface area contributed by atoms with Gasteiger partial charge in [-0.25, -0.2) is 4.98 Å². The van der Waals surface area contributed by atoms with Crippen LogP contribution in [0, 0.1) is 25.2 Å². The van der Waals surface area contributed by atoms with E-state index in [1.54, 1.807) is 6.20 Å². The Morgan fingerprint density at radius 2 is 1.92 bits per heavy atom. The zero-order valence-electron chi connectivity index (χ0n) is 13.9. The highest BCUT2D eigenvalue weighted by atomic mass is 79.9. The molecular formula is C20H16BrN3S. The van der Waals surface area contributed by atoms with Gasteiger partial charge in [-0.15, -0.1) is 11.3 Å². The summed E-state index contributed by atoms with van der Waals surface area (Å²) in [6, 6.07) is 16.3. The second kappa shape index (κ2) is 7.64. The van der Waals surface area contributed by atoms with Crippen LogP contribution in [-0.4, -0.2) is 4.98 Å². The van der Waals surface area contributed by atoms with Crippen LogP contribution in [0.1, 0.15) is 16.1 Å². The van der Waals surface area contributed by atoms with Crippen molar-refractivity contribution in [3.63, 3.8) is 0 Å². The lowest BCUT2D eigenvalue weighted by atomic mass is 10.1. The highest BCUT2D eigenvalue weighted by molar-refractivity contribution is 9.10. The molecule has 0 atom stereocenters. The minimum Gasteiger partial charge on any atom is -0.360 e. The maximum absolute atomic E-state index is 9.52. The molecule has 1 heterocycles. The predicted molar refractivity (Wildman–Crippen MR) is 108 cm³/mol. The number of hydrogen-bond acceptors (Lipinski definition) is 4. The van der Waals surface area contributed by atoms with Crippen molar-refractivity contribution < 1.29 is 0 Å². The van der Waals surface area contributed by atoms with E-state index in [2.05, 4.69) is 32.3 Å². The number of aromatic nitrogens is 1. The summed E-state index contributed by atoms with van der Waals surface area (Å²) in [4.78, 5) is 4.62. The zero-order chi connectivity index (χ0) is 17.8. The Kier molecular flexibility index (Phi) is 5.32. The quantitative estimate of drug-likeness (QED) is 0.524. The number of nitrogens with one attached hydrogen (secondary N) is 1. The molecule has 1 aromatic heterocycles. The SMILES string of the molecule is Cc1cccc(C)c1N/C=C(\C#N)c1nc(-c2cccc(Br)c2)cs1. The van der Waals surface area contributed by atoms with Gasteiger partial charge in [-0.1, -0.05) is 46.3 Å². The van der Waals surface area contributed by atoms with Crippen molar-refractivity contribution in [1.29, 1.82) is 5.26 Å². The van der Waals surface area contributed by atoms with Crippen molar-refractivity contribution in [2.75, 3.05) is 5.32 Å². The molecule has 3 nitrogen and oxygen atoms in total. The molecule has 0 unspecified atom stereocenters. The van der Waals surface area contributed by atoms with E-state index in [9.17, 15) is 5.26 Å². The summed E-state index contributed by atoms with van der Waals surface area (Å²) in [7, 11) is 0. The van der Waals surface area contributed by atoms with E-state index < -0.39 is 0 Å². The second-order valence-corrected chi connectivity index (χ2v) is 7.40. The summed E-state index contributed by atoms with van der Waals surface area (Å²) >= 11 is 4.94. The zero-order valence-corrected chi connectivity index (χ0v) is 16.3. The predicted octanol–water partition coefficient (Wildman–Crippen LogP) is 6.17. The minimum absolute atomic E-state index is 0.522. The number of halogens is 1. The Bertz CT molecular complexity index is 962. The van der Waals surface area contributed by atoms with Gasteiger partial charge in [0, 0.05) is 27.3 Å². The minimum atomic E-state index is 0.522. The van der Waals surface area contributed by atoms with E-state index in [0.717, 1.165) is 32.5 Å². The summed E-state index contributed by atoms with van der Waals surface area (Å²) in [6.07, 6.45) is 1.73. The number of allylic oxidation sites excluding steroid dienone is 1. The maximum atomic E-state index is 9.52. The Hall–Kier alpha value is -2.42. The van der Waals surface area contributed by atoms with E-state index in [-0.39, 0.29) is 0 Å². The van der Waals surface area contributed by atoms with E-state index in [1.807, 2.05) is 61.7 Å². The number of nitrogens with zero attached hydrogens (tertiary/aromatic N) is 2. The summed E-state index contributed by atoms with van der Waals surface area (Å²) < 4.78 is 1.01. The number of anilines is 1. The number of benzene rings is 2. The van der Waals surface area contributed by atoms with Gasteiger partial charge >= 0.3 is 0 Å². The maximum Gasteiger partial charge on any atom is 0.136 e. The topological polar surface area (TPSA) is 48.7 Å². The molecule has 2 aromatic carbocycles. The fourth-order valence-corrected chi connectivity index (χ4v) is 3.70. The van der Waals surface area contributed by atoms with Gasteiger partial charge in [-0.05, 0) is 37.1 Å². The lowest BCUT2D eigenvalue weighted by Gasteiger charge is -2.09. The van der Waals surface area contributed by atoms with Gasteiger partial charge in [0.05, 0.1) is 5.69 Å². The van der Waals surface area contributed by atoms with E-state index >= 15 is 0 Å². The fraction of sp³-hybridized carbons (Fsp3) is 0.100. The molecule has 0 saturated carbocycles. The van der Waals surface area contributed by atoms with Gasteiger partial charge in [0.15, 0.2) is 0 Å². The third-order valence-electron chi connectivity index (χ3n) is 3.82. The van der Waals surface area contributed by atoms with Crippen molar-refractivity contribution in [2.24, 2.45) is 0 Å². The molecule has 0 amide bonds. The standard InChI is InChI=1S/C20H16BrN3S/c1-13-5-3-6-14(2)19(13)23-11-16(10-22)20-24-18(12-25-20)15-7-4-8-17(21)9-15/h3-9,11-12,23H,1-2H3/b16-11+. The van der Waals surface area contributed by atoms with Crippen molar-refractivity contribution in [3.05, 3.63) is 74.7 Å². The molecule has 0 radical (unpaired) electrons. The first-order valence-corrected chi connectivity index (χ1v) is 9.40. The number of aryl methyl sites for hydroxylation is 2. The molecule has 0 fully saturated rings. The molecule has 5 heteroatoms. The largest absolute Gasteiger partial charge is 0.360 e. The van der Waals surface area contributed by atoms with Gasteiger partial charge in [0.2, 0.25) is 0 Å². The second-order valence-electron chi connectivity index (χ2n) is 5.63. The first-order valence-electron chi connectivity index (χ1n) is 7.73. The van der Waals surface area contributed by atoms with Crippen molar-refractivity contribution in [2.45, 2.75) is 13.8 Å². The van der Waals surface area contributed by atoms with Gasteiger partial charge in [0.1, 0.15) is 16.6 Å². The van der Waals surface area contributed by atoms with Crippen LogP contribution in [0.4, 0.5) is 5.69 Å². The summed E-state index contributed by atoms with van der Waals surface area (Å²) in [6.45, 7) is 4.09. The molecule has 0 aliphatic heterocycles. The smallest absolute Gasteiger partial charge is 0.136 e. The summed E-state index contributed by atoms with van der Waals surface area (Å²) in [5.41, 5.74) is 5.73. The van der Waals surface area contributed by atoms with Crippen molar-refractivity contribution in [1.82, 2.24) is 4.98 Å². The van der Waals surface area contributed by atoms with Gasteiger partial charge < -0.3 is 5.32 Å². The lowest BCUT2D eigenvalue weighted by molar-refractivity contribution is 1.34. The summed E-state index contributed by atoms with van der Waals surface area (Å²) in [5, 5.41) is 15.5. The molecule has 124 valence electrons. The average Bonchev–Trinajstić information content (AvgIpc) is 3.07. The van der Waals surface area contributed by atoms with Crippen molar-refractivity contribution >= 4 is 38.5 Å². The van der Waals surface area contributed by atoms with Crippen LogP contribution < -0.4 is 5.32 Å². The third-order valence-corrected chi connectivity index (χ3v) is 5.19.